The second-order valence-corrected chi connectivity index (χ2v) is 19.0. The molecule has 290 valence electrons. The van der Waals surface area contributed by atoms with Crippen LogP contribution in [0.15, 0.2) is 0 Å². The summed E-state index contributed by atoms with van der Waals surface area (Å²) in [6.07, 6.45) is 6.03. The standard InChI is InChI=1S/4C10H20.C7H14.2Y/c4*1-6-7(2)9(4)10(5)8(6)3;1-3-5-7-6-4-2;;/h4*6-10H,1-5H3;1-7H2;;/q;;;;-2;;. The number of hydrogen-bond acceptors (Lipinski definition) is 0. The minimum atomic E-state index is 0. The SMILES string of the molecule is CC1C(C)C(C)C(C)C1C.CC1C(C)C(C)C(C)C1C.CC1C(C)C(C)C(C)C1C.CC1C(C)C(C)C(C)C1C.[CH2-]CCCCC[CH2-].[Y].[Y]. The van der Waals surface area contributed by atoms with Gasteiger partial charge in [0.1, 0.15) is 0 Å². The molecule has 0 saturated heterocycles. The van der Waals surface area contributed by atoms with E-state index in [-0.39, 0.29) is 65.4 Å². The molecule has 0 amide bonds. The van der Waals surface area contributed by atoms with E-state index in [2.05, 4.69) is 152 Å². The molecule has 0 atom stereocenters. The van der Waals surface area contributed by atoms with Crippen LogP contribution in [0.3, 0.4) is 0 Å². The van der Waals surface area contributed by atoms with Crippen LogP contribution in [0.5, 0.6) is 0 Å². The van der Waals surface area contributed by atoms with E-state index in [0.717, 1.165) is 131 Å². The molecule has 2 heteroatoms. The normalized spacial score (nSPS) is 46.7. The molecule has 0 nitrogen and oxygen atoms in total. The van der Waals surface area contributed by atoms with Gasteiger partial charge in [0.2, 0.25) is 0 Å². The Kier molecular flexibility index (Phi) is 30.5. The van der Waals surface area contributed by atoms with Crippen LogP contribution >= 0.6 is 0 Å². The van der Waals surface area contributed by atoms with Crippen molar-refractivity contribution in [2.24, 2.45) is 118 Å². The Morgan fingerprint density at radius 1 is 0.204 bits per heavy atom. The molecule has 0 aliphatic heterocycles. The van der Waals surface area contributed by atoms with Crippen molar-refractivity contribution in [3.63, 3.8) is 0 Å². The van der Waals surface area contributed by atoms with Crippen molar-refractivity contribution < 1.29 is 65.4 Å². The number of unbranched alkanes of at least 4 members (excludes halogenated alkanes) is 4. The molecule has 4 rings (SSSR count). The molecule has 0 heterocycles. The molecule has 4 aliphatic rings. The zero-order chi connectivity index (χ0) is 37.1. The molecule has 0 aromatic rings. The van der Waals surface area contributed by atoms with Crippen LogP contribution in [0.1, 0.15) is 171 Å². The van der Waals surface area contributed by atoms with Crippen molar-refractivity contribution in [3.8, 4) is 0 Å². The van der Waals surface area contributed by atoms with Gasteiger partial charge in [0.15, 0.2) is 0 Å². The third-order valence-corrected chi connectivity index (χ3v) is 17.6. The van der Waals surface area contributed by atoms with Crippen LogP contribution in [-0.2, 0) is 65.4 Å². The molecule has 4 fully saturated rings. The Hall–Kier alpha value is 2.21. The van der Waals surface area contributed by atoms with E-state index in [1.165, 1.54) is 19.3 Å². The maximum atomic E-state index is 3.74. The average molecular weight is 837 g/mol. The van der Waals surface area contributed by atoms with Crippen molar-refractivity contribution in [1.29, 1.82) is 0 Å². The molecule has 49 heavy (non-hydrogen) atoms. The van der Waals surface area contributed by atoms with Gasteiger partial charge in [-0.1, -0.05) is 158 Å². The first kappa shape index (κ1) is 55.5. The van der Waals surface area contributed by atoms with E-state index in [1.807, 2.05) is 0 Å². The van der Waals surface area contributed by atoms with Gasteiger partial charge in [-0.05, 0) is 118 Å². The van der Waals surface area contributed by atoms with Gasteiger partial charge in [-0.2, -0.15) is 12.8 Å². The topological polar surface area (TPSA) is 0 Å². The molecule has 2 radical (unpaired) electrons. The molecule has 4 aliphatic carbocycles. The summed E-state index contributed by atoms with van der Waals surface area (Å²) in [7, 11) is 0. The maximum Gasteiger partial charge on any atom is 0 e. The van der Waals surface area contributed by atoms with Gasteiger partial charge in [0.25, 0.3) is 0 Å². The summed E-state index contributed by atoms with van der Waals surface area (Å²) in [5.41, 5.74) is 0. The summed E-state index contributed by atoms with van der Waals surface area (Å²) >= 11 is 0. The van der Waals surface area contributed by atoms with E-state index in [1.54, 1.807) is 0 Å². The molecule has 0 aromatic carbocycles. The van der Waals surface area contributed by atoms with E-state index in [0.29, 0.717) is 0 Å². The fraction of sp³-hybridized carbons (Fsp3) is 0.957. The van der Waals surface area contributed by atoms with Crippen LogP contribution < -0.4 is 0 Å². The van der Waals surface area contributed by atoms with E-state index < -0.39 is 0 Å². The zero-order valence-corrected chi connectivity index (χ0v) is 43.3. The van der Waals surface area contributed by atoms with Crippen LogP contribution in [0.25, 0.3) is 0 Å². The molecule has 0 aromatic heterocycles. The summed E-state index contributed by atoms with van der Waals surface area (Å²) in [5, 5.41) is 0. The van der Waals surface area contributed by atoms with Crippen LogP contribution in [0.4, 0.5) is 0 Å². The second-order valence-electron chi connectivity index (χ2n) is 19.0. The quantitative estimate of drug-likeness (QED) is 0.195. The van der Waals surface area contributed by atoms with Crippen molar-refractivity contribution >= 4 is 0 Å². The predicted octanol–water partition coefficient (Wildman–Crippen LogP) is 15.3. The molecule has 0 bridgehead atoms. The fourth-order valence-electron chi connectivity index (χ4n) is 10.1. The molecular weight excluding hydrogens is 742 g/mol. The van der Waals surface area contributed by atoms with Crippen LogP contribution in [-0.4, -0.2) is 0 Å². The molecule has 4 saturated carbocycles. The van der Waals surface area contributed by atoms with Gasteiger partial charge in [-0.25, -0.2) is 0 Å². The third kappa shape index (κ3) is 15.7. The van der Waals surface area contributed by atoms with Crippen molar-refractivity contribution in [2.45, 2.75) is 171 Å². The first-order valence-corrected chi connectivity index (χ1v) is 21.2. The summed E-state index contributed by atoms with van der Waals surface area (Å²) in [4.78, 5) is 0. The van der Waals surface area contributed by atoms with Gasteiger partial charge in [-0.3, -0.25) is 0 Å². The van der Waals surface area contributed by atoms with E-state index >= 15 is 0 Å². The van der Waals surface area contributed by atoms with Gasteiger partial charge < -0.3 is 13.8 Å². The summed E-state index contributed by atoms with van der Waals surface area (Å²) < 4.78 is 0. The van der Waals surface area contributed by atoms with Gasteiger partial charge in [-0.15, -0.1) is 0 Å². The first-order chi connectivity index (χ1) is 21.6. The molecule has 0 unspecified atom stereocenters. The first-order valence-electron chi connectivity index (χ1n) is 21.2. The molecule has 0 spiro atoms. The minimum Gasteiger partial charge on any atom is -0.343 e. The Morgan fingerprint density at radius 3 is 0.347 bits per heavy atom. The van der Waals surface area contributed by atoms with Crippen molar-refractivity contribution in [3.05, 3.63) is 13.8 Å². The van der Waals surface area contributed by atoms with E-state index in [9.17, 15) is 0 Å². The Bertz CT molecular complexity index is 492. The van der Waals surface area contributed by atoms with Crippen LogP contribution in [0.2, 0.25) is 0 Å². The monoisotopic (exact) mass is 837 g/mol. The van der Waals surface area contributed by atoms with Gasteiger partial charge >= 0.3 is 0 Å². The number of rotatable bonds is 4. The fourth-order valence-corrected chi connectivity index (χ4v) is 10.1. The largest absolute Gasteiger partial charge is 0.343 e. The Morgan fingerprint density at radius 2 is 0.286 bits per heavy atom. The van der Waals surface area contributed by atoms with Crippen molar-refractivity contribution in [1.82, 2.24) is 0 Å². The summed E-state index contributed by atoms with van der Waals surface area (Å²) in [6.45, 7) is 55.4. The predicted molar refractivity (Wildman–Crippen MR) is 217 cm³/mol. The van der Waals surface area contributed by atoms with Crippen molar-refractivity contribution in [2.75, 3.05) is 0 Å². The maximum absolute atomic E-state index is 3.74. The summed E-state index contributed by atoms with van der Waals surface area (Å²) in [5.74, 6) is 18.7. The van der Waals surface area contributed by atoms with Gasteiger partial charge in [0.05, 0.1) is 0 Å². The summed E-state index contributed by atoms with van der Waals surface area (Å²) in [6, 6.07) is 0. The molecule has 0 N–H and O–H groups in total. The zero-order valence-electron chi connectivity index (χ0n) is 37.7. The van der Waals surface area contributed by atoms with Gasteiger partial charge in [0, 0.05) is 65.4 Å². The van der Waals surface area contributed by atoms with Crippen LogP contribution in [0, 0.1) is 132 Å². The number of hydrogen-bond donors (Lipinski definition) is 0. The third-order valence-electron chi connectivity index (χ3n) is 17.6. The van der Waals surface area contributed by atoms with E-state index in [4.69, 9.17) is 0 Å². The smallest absolute Gasteiger partial charge is 0 e. The Labute approximate surface area is 364 Å². The average Bonchev–Trinajstić information content (AvgIpc) is 3.50. The minimum absolute atomic E-state index is 0. The second kappa shape index (κ2) is 26.9. The Balaban J connectivity index is -0.000000538. The molecular formula is C47H94Y2-2.